The SMILES string of the molecule is COCCN(Cc1cccnc1)S(=O)(=O)c1cc(Cl)ccc1[N+](=O)[O-]. The first-order valence-electron chi connectivity index (χ1n) is 7.18. The van der Waals surface area contributed by atoms with E-state index in [9.17, 15) is 18.5 Å². The van der Waals surface area contributed by atoms with Crippen LogP contribution < -0.4 is 0 Å². The molecule has 25 heavy (non-hydrogen) atoms. The van der Waals surface area contributed by atoms with Crippen molar-refractivity contribution in [1.29, 1.82) is 0 Å². The predicted octanol–water partition coefficient (Wildman–Crippen LogP) is 2.48. The molecule has 0 bridgehead atoms. The molecule has 8 nitrogen and oxygen atoms in total. The van der Waals surface area contributed by atoms with Gasteiger partial charge in [-0.25, -0.2) is 8.42 Å². The van der Waals surface area contributed by atoms with E-state index in [4.69, 9.17) is 16.3 Å². The Balaban J connectivity index is 2.48. The minimum absolute atomic E-state index is 0.00318. The molecule has 1 aromatic heterocycles. The zero-order chi connectivity index (χ0) is 18.4. The summed E-state index contributed by atoms with van der Waals surface area (Å²) in [5.41, 5.74) is 0.116. The van der Waals surface area contributed by atoms with Crippen molar-refractivity contribution in [3.05, 3.63) is 63.4 Å². The molecule has 0 N–H and O–H groups in total. The molecule has 0 aliphatic heterocycles. The van der Waals surface area contributed by atoms with Gasteiger partial charge in [-0.3, -0.25) is 15.1 Å². The largest absolute Gasteiger partial charge is 0.383 e. The average Bonchev–Trinajstić information content (AvgIpc) is 2.59. The van der Waals surface area contributed by atoms with Gasteiger partial charge in [-0.05, 0) is 23.8 Å². The number of pyridine rings is 1. The van der Waals surface area contributed by atoms with E-state index in [1.807, 2.05) is 0 Å². The summed E-state index contributed by atoms with van der Waals surface area (Å²) in [5.74, 6) is 0. The maximum atomic E-state index is 13.0. The lowest BCUT2D eigenvalue weighted by Gasteiger charge is -2.22. The number of hydrogen-bond donors (Lipinski definition) is 0. The summed E-state index contributed by atoms with van der Waals surface area (Å²) in [4.78, 5) is 14.0. The number of nitro groups is 1. The second kappa shape index (κ2) is 8.34. The van der Waals surface area contributed by atoms with E-state index in [0.717, 1.165) is 16.4 Å². The topological polar surface area (TPSA) is 103 Å². The van der Waals surface area contributed by atoms with Crippen molar-refractivity contribution in [3.8, 4) is 0 Å². The van der Waals surface area contributed by atoms with Crippen molar-refractivity contribution in [2.75, 3.05) is 20.3 Å². The van der Waals surface area contributed by atoms with Crippen LogP contribution in [0.5, 0.6) is 0 Å². The second-order valence-corrected chi connectivity index (χ2v) is 7.40. The van der Waals surface area contributed by atoms with E-state index in [0.29, 0.717) is 5.56 Å². The molecule has 0 aliphatic rings. The Bertz CT molecular complexity index is 846. The summed E-state index contributed by atoms with van der Waals surface area (Å²) in [5, 5.41) is 11.3. The summed E-state index contributed by atoms with van der Waals surface area (Å²) < 4.78 is 32.1. The molecule has 0 amide bonds. The number of nitrogens with zero attached hydrogens (tertiary/aromatic N) is 3. The fourth-order valence-corrected chi connectivity index (χ4v) is 3.99. The van der Waals surface area contributed by atoms with Crippen LogP contribution in [-0.4, -0.2) is 42.9 Å². The van der Waals surface area contributed by atoms with E-state index in [2.05, 4.69) is 4.98 Å². The quantitative estimate of drug-likeness (QED) is 0.511. The summed E-state index contributed by atoms with van der Waals surface area (Å²) in [6, 6.07) is 6.83. The molecule has 0 saturated carbocycles. The standard InChI is InChI=1S/C15H16ClN3O5S/c1-24-8-7-18(11-12-3-2-6-17-10-12)25(22,23)15-9-13(16)4-5-14(15)19(20)21/h2-6,9-10H,7-8,11H2,1H3. The van der Waals surface area contributed by atoms with Crippen LogP contribution in [0.4, 0.5) is 5.69 Å². The van der Waals surface area contributed by atoms with Gasteiger partial charge in [0.25, 0.3) is 5.69 Å². The van der Waals surface area contributed by atoms with Crippen LogP contribution in [0.25, 0.3) is 0 Å². The van der Waals surface area contributed by atoms with Crippen LogP contribution in [0.2, 0.25) is 5.02 Å². The van der Waals surface area contributed by atoms with Crippen molar-refractivity contribution in [3.63, 3.8) is 0 Å². The van der Waals surface area contributed by atoms with Crippen LogP contribution in [0, 0.1) is 10.1 Å². The Kier molecular flexibility index (Phi) is 6.43. The lowest BCUT2D eigenvalue weighted by molar-refractivity contribution is -0.387. The fourth-order valence-electron chi connectivity index (χ4n) is 2.16. The summed E-state index contributed by atoms with van der Waals surface area (Å²) in [7, 11) is -2.73. The molecule has 0 spiro atoms. The highest BCUT2D eigenvalue weighted by atomic mass is 35.5. The molecule has 0 atom stereocenters. The fraction of sp³-hybridized carbons (Fsp3) is 0.267. The van der Waals surface area contributed by atoms with Gasteiger partial charge in [0.2, 0.25) is 10.0 Å². The second-order valence-electron chi connectivity index (χ2n) is 5.06. The Morgan fingerprint density at radius 2 is 2.12 bits per heavy atom. The zero-order valence-corrected chi connectivity index (χ0v) is 14.9. The number of methoxy groups -OCH3 is 1. The molecular weight excluding hydrogens is 370 g/mol. The Morgan fingerprint density at radius 1 is 1.36 bits per heavy atom. The van der Waals surface area contributed by atoms with E-state index >= 15 is 0 Å². The Hall–Kier alpha value is -2.07. The van der Waals surface area contributed by atoms with Crippen molar-refractivity contribution in [2.45, 2.75) is 11.4 Å². The molecule has 0 saturated heterocycles. The number of ether oxygens (including phenoxy) is 1. The molecule has 0 aliphatic carbocycles. The minimum Gasteiger partial charge on any atom is -0.383 e. The van der Waals surface area contributed by atoms with Crippen LogP contribution >= 0.6 is 11.6 Å². The van der Waals surface area contributed by atoms with Gasteiger partial charge in [-0.1, -0.05) is 17.7 Å². The third kappa shape index (κ3) is 4.73. The van der Waals surface area contributed by atoms with Crippen molar-refractivity contribution < 1.29 is 18.1 Å². The maximum Gasteiger partial charge on any atom is 0.289 e. The van der Waals surface area contributed by atoms with Crippen LogP contribution in [0.1, 0.15) is 5.56 Å². The molecule has 134 valence electrons. The Morgan fingerprint density at radius 3 is 2.72 bits per heavy atom. The number of aromatic nitrogens is 1. The van der Waals surface area contributed by atoms with Gasteiger partial charge >= 0.3 is 0 Å². The summed E-state index contributed by atoms with van der Waals surface area (Å²) in [6.45, 7) is 0.161. The minimum atomic E-state index is -4.17. The Labute approximate surface area is 150 Å². The van der Waals surface area contributed by atoms with E-state index < -0.39 is 25.5 Å². The number of rotatable bonds is 8. The van der Waals surface area contributed by atoms with Gasteiger partial charge in [-0.2, -0.15) is 4.31 Å². The highest BCUT2D eigenvalue weighted by molar-refractivity contribution is 7.89. The van der Waals surface area contributed by atoms with Gasteiger partial charge in [0.1, 0.15) is 0 Å². The van der Waals surface area contributed by atoms with Gasteiger partial charge in [-0.15, -0.1) is 0 Å². The molecule has 2 aromatic rings. The van der Waals surface area contributed by atoms with Gasteiger partial charge in [0.15, 0.2) is 4.90 Å². The van der Waals surface area contributed by atoms with Crippen molar-refractivity contribution in [2.24, 2.45) is 0 Å². The first-order valence-corrected chi connectivity index (χ1v) is 9.00. The molecule has 1 heterocycles. The van der Waals surface area contributed by atoms with Crippen LogP contribution in [-0.2, 0) is 21.3 Å². The van der Waals surface area contributed by atoms with Gasteiger partial charge in [0, 0.05) is 43.7 Å². The zero-order valence-electron chi connectivity index (χ0n) is 13.3. The molecule has 0 fully saturated rings. The lowest BCUT2D eigenvalue weighted by atomic mass is 10.3. The van der Waals surface area contributed by atoms with E-state index in [1.54, 1.807) is 18.3 Å². The van der Waals surface area contributed by atoms with Crippen molar-refractivity contribution >= 4 is 27.3 Å². The number of sulfonamides is 1. The number of benzene rings is 1. The molecule has 10 heteroatoms. The lowest BCUT2D eigenvalue weighted by Crippen LogP contribution is -2.34. The normalized spacial score (nSPS) is 11.6. The molecule has 0 unspecified atom stereocenters. The first kappa shape index (κ1) is 19.3. The van der Waals surface area contributed by atoms with Crippen LogP contribution in [0.3, 0.4) is 0 Å². The number of hydrogen-bond acceptors (Lipinski definition) is 6. The maximum absolute atomic E-state index is 13.0. The van der Waals surface area contributed by atoms with Gasteiger partial charge < -0.3 is 4.74 Å². The number of nitro benzene ring substituents is 1. The van der Waals surface area contributed by atoms with Gasteiger partial charge in [0.05, 0.1) is 11.5 Å². The summed E-state index contributed by atoms with van der Waals surface area (Å²) >= 11 is 5.86. The monoisotopic (exact) mass is 385 g/mol. The third-order valence-electron chi connectivity index (χ3n) is 3.36. The van der Waals surface area contributed by atoms with E-state index in [-0.39, 0.29) is 24.7 Å². The first-order chi connectivity index (χ1) is 11.9. The van der Waals surface area contributed by atoms with Crippen molar-refractivity contribution in [1.82, 2.24) is 9.29 Å². The van der Waals surface area contributed by atoms with E-state index in [1.165, 1.54) is 19.4 Å². The summed E-state index contributed by atoms with van der Waals surface area (Å²) in [6.07, 6.45) is 3.10. The third-order valence-corrected chi connectivity index (χ3v) is 5.47. The predicted molar refractivity (Wildman–Crippen MR) is 91.8 cm³/mol. The molecule has 2 rings (SSSR count). The molecule has 1 aromatic carbocycles. The average molecular weight is 386 g/mol. The highest BCUT2D eigenvalue weighted by Gasteiger charge is 2.32. The highest BCUT2D eigenvalue weighted by Crippen LogP contribution is 2.30. The number of halogens is 1. The molecule has 0 radical (unpaired) electrons. The van der Waals surface area contributed by atoms with Crippen LogP contribution in [0.15, 0.2) is 47.6 Å². The molecular formula is C15H16ClN3O5S. The smallest absolute Gasteiger partial charge is 0.289 e.